The van der Waals surface area contributed by atoms with Crippen molar-refractivity contribution in [3.8, 4) is 0 Å². The van der Waals surface area contributed by atoms with Gasteiger partial charge in [0, 0.05) is 44.0 Å². The molecule has 19 heavy (non-hydrogen) atoms. The number of β-amino-alcohol motifs (C(OH)–C–C–N with tert-alkyl or cyclic N) is 1. The third-order valence-electron chi connectivity index (χ3n) is 3.84. The van der Waals surface area contributed by atoms with Crippen LogP contribution in [0.2, 0.25) is 0 Å². The molecule has 102 valence electrons. The number of piperazine rings is 1. The second-order valence-electron chi connectivity index (χ2n) is 5.10. The highest BCUT2D eigenvalue weighted by molar-refractivity contribution is 7.17. The van der Waals surface area contributed by atoms with Crippen molar-refractivity contribution < 1.29 is 5.11 Å². The molecule has 0 atom stereocenters. The molecule has 0 saturated carbocycles. The Morgan fingerprint density at radius 2 is 1.79 bits per heavy atom. The minimum absolute atomic E-state index is 0.273. The number of rotatable bonds is 4. The second-order valence-corrected chi connectivity index (χ2v) is 6.01. The van der Waals surface area contributed by atoms with E-state index in [-0.39, 0.29) is 6.61 Å². The first-order chi connectivity index (χ1) is 9.36. The van der Waals surface area contributed by atoms with E-state index in [1.165, 1.54) is 15.6 Å². The molecule has 3 rings (SSSR count). The fraction of sp³-hybridized carbons (Fsp3) is 0.467. The number of fused-ring (bicyclic) bond motifs is 1. The predicted molar refractivity (Wildman–Crippen MR) is 80.6 cm³/mol. The highest BCUT2D eigenvalue weighted by atomic mass is 32.1. The van der Waals surface area contributed by atoms with Gasteiger partial charge in [-0.3, -0.25) is 9.80 Å². The van der Waals surface area contributed by atoms with Crippen molar-refractivity contribution >= 4 is 21.4 Å². The Balaban J connectivity index is 1.63. The zero-order valence-corrected chi connectivity index (χ0v) is 11.9. The van der Waals surface area contributed by atoms with Crippen LogP contribution >= 0.6 is 11.3 Å². The normalized spacial score (nSPS) is 18.2. The summed E-state index contributed by atoms with van der Waals surface area (Å²) in [6.45, 7) is 6.49. The zero-order valence-electron chi connectivity index (χ0n) is 11.1. The summed E-state index contributed by atoms with van der Waals surface area (Å²) in [6.07, 6.45) is 0. The standard InChI is InChI=1S/C15H20N2OS/c18-10-9-16-5-7-17(8-6-16)11-13-12-19-15-4-2-1-3-14(13)15/h1-4,12,18H,5-11H2. The third kappa shape index (κ3) is 2.98. The lowest BCUT2D eigenvalue weighted by atomic mass is 10.1. The maximum atomic E-state index is 8.96. The molecule has 0 unspecified atom stereocenters. The van der Waals surface area contributed by atoms with E-state index in [1.807, 2.05) is 11.3 Å². The molecular weight excluding hydrogens is 256 g/mol. The van der Waals surface area contributed by atoms with Gasteiger partial charge in [-0.05, 0) is 22.4 Å². The molecule has 4 heteroatoms. The average Bonchev–Trinajstić information content (AvgIpc) is 2.85. The number of hydrogen-bond acceptors (Lipinski definition) is 4. The summed E-state index contributed by atoms with van der Waals surface area (Å²) in [6, 6.07) is 8.65. The summed E-state index contributed by atoms with van der Waals surface area (Å²) in [5, 5.41) is 12.7. The Hall–Kier alpha value is -0.940. The van der Waals surface area contributed by atoms with Crippen LogP contribution in [0.15, 0.2) is 29.6 Å². The smallest absolute Gasteiger partial charge is 0.0558 e. The fourth-order valence-corrected chi connectivity index (χ4v) is 3.66. The quantitative estimate of drug-likeness (QED) is 0.925. The molecule has 1 aromatic carbocycles. The number of aliphatic hydroxyl groups excluding tert-OH is 1. The fourth-order valence-electron chi connectivity index (χ4n) is 2.71. The van der Waals surface area contributed by atoms with Gasteiger partial charge in [0.05, 0.1) is 6.61 Å². The van der Waals surface area contributed by atoms with E-state index in [9.17, 15) is 0 Å². The van der Waals surface area contributed by atoms with Gasteiger partial charge >= 0.3 is 0 Å². The van der Waals surface area contributed by atoms with Crippen molar-refractivity contribution in [2.24, 2.45) is 0 Å². The summed E-state index contributed by atoms with van der Waals surface area (Å²) >= 11 is 1.84. The van der Waals surface area contributed by atoms with Crippen LogP contribution in [0.4, 0.5) is 0 Å². The Kier molecular flexibility index (Phi) is 4.13. The third-order valence-corrected chi connectivity index (χ3v) is 4.85. The summed E-state index contributed by atoms with van der Waals surface area (Å²) < 4.78 is 1.39. The molecule has 1 aliphatic heterocycles. The SMILES string of the molecule is OCCN1CCN(Cc2csc3ccccc23)CC1. The summed E-state index contributed by atoms with van der Waals surface area (Å²) in [7, 11) is 0. The Bertz CT molecular complexity index is 532. The predicted octanol–water partition coefficient (Wildman–Crippen LogP) is 2.01. The Morgan fingerprint density at radius 3 is 2.58 bits per heavy atom. The number of nitrogens with zero attached hydrogens (tertiary/aromatic N) is 2. The molecule has 1 N–H and O–H groups in total. The van der Waals surface area contributed by atoms with Crippen molar-refractivity contribution in [2.75, 3.05) is 39.3 Å². The molecule has 3 nitrogen and oxygen atoms in total. The first kappa shape index (κ1) is 13.1. The lowest BCUT2D eigenvalue weighted by Gasteiger charge is -2.34. The van der Waals surface area contributed by atoms with Crippen LogP contribution in [0.25, 0.3) is 10.1 Å². The average molecular weight is 276 g/mol. The molecule has 1 aliphatic rings. The van der Waals surface area contributed by atoms with Crippen molar-refractivity contribution in [3.63, 3.8) is 0 Å². The summed E-state index contributed by atoms with van der Waals surface area (Å²) in [5.41, 5.74) is 1.45. The van der Waals surface area contributed by atoms with Gasteiger partial charge in [0.25, 0.3) is 0 Å². The van der Waals surface area contributed by atoms with Crippen LogP contribution in [-0.2, 0) is 6.54 Å². The van der Waals surface area contributed by atoms with Crippen molar-refractivity contribution in [3.05, 3.63) is 35.2 Å². The van der Waals surface area contributed by atoms with E-state index in [0.29, 0.717) is 0 Å². The molecule has 0 aliphatic carbocycles. The van der Waals surface area contributed by atoms with Crippen LogP contribution < -0.4 is 0 Å². The molecule has 0 amide bonds. The lowest BCUT2D eigenvalue weighted by molar-refractivity contribution is 0.109. The highest BCUT2D eigenvalue weighted by Crippen LogP contribution is 2.26. The molecule has 1 aromatic heterocycles. The van der Waals surface area contributed by atoms with Gasteiger partial charge in [-0.1, -0.05) is 18.2 Å². The maximum absolute atomic E-state index is 8.96. The molecule has 0 spiro atoms. The van der Waals surface area contributed by atoms with Gasteiger partial charge in [0.1, 0.15) is 0 Å². The van der Waals surface area contributed by atoms with Gasteiger partial charge in [-0.25, -0.2) is 0 Å². The molecular formula is C15H20N2OS. The molecule has 1 saturated heterocycles. The monoisotopic (exact) mass is 276 g/mol. The van der Waals surface area contributed by atoms with E-state index < -0.39 is 0 Å². The first-order valence-electron chi connectivity index (χ1n) is 6.87. The zero-order chi connectivity index (χ0) is 13.1. The van der Waals surface area contributed by atoms with Gasteiger partial charge in [0.2, 0.25) is 0 Å². The van der Waals surface area contributed by atoms with Gasteiger partial charge in [0.15, 0.2) is 0 Å². The number of hydrogen-bond donors (Lipinski definition) is 1. The van der Waals surface area contributed by atoms with E-state index >= 15 is 0 Å². The molecule has 0 radical (unpaired) electrons. The van der Waals surface area contributed by atoms with E-state index in [4.69, 9.17) is 5.11 Å². The van der Waals surface area contributed by atoms with Crippen molar-refractivity contribution in [2.45, 2.75) is 6.54 Å². The second kappa shape index (κ2) is 6.01. The largest absolute Gasteiger partial charge is 0.395 e. The minimum atomic E-state index is 0.273. The summed E-state index contributed by atoms with van der Waals surface area (Å²) in [5.74, 6) is 0. The van der Waals surface area contributed by atoms with Crippen molar-refractivity contribution in [1.29, 1.82) is 0 Å². The number of benzene rings is 1. The van der Waals surface area contributed by atoms with E-state index in [2.05, 4.69) is 39.4 Å². The van der Waals surface area contributed by atoms with E-state index in [1.54, 1.807) is 0 Å². The van der Waals surface area contributed by atoms with Crippen molar-refractivity contribution in [1.82, 2.24) is 9.80 Å². The topological polar surface area (TPSA) is 26.7 Å². The van der Waals surface area contributed by atoms with E-state index in [0.717, 1.165) is 39.3 Å². The highest BCUT2D eigenvalue weighted by Gasteiger charge is 2.17. The number of thiophene rings is 1. The maximum Gasteiger partial charge on any atom is 0.0558 e. The van der Waals surface area contributed by atoms with Crippen LogP contribution in [-0.4, -0.2) is 54.2 Å². The van der Waals surface area contributed by atoms with Crippen LogP contribution in [0.5, 0.6) is 0 Å². The Morgan fingerprint density at radius 1 is 1.05 bits per heavy atom. The molecule has 2 aromatic rings. The molecule has 0 bridgehead atoms. The van der Waals surface area contributed by atoms with Crippen LogP contribution in [0.3, 0.4) is 0 Å². The van der Waals surface area contributed by atoms with Crippen LogP contribution in [0, 0.1) is 0 Å². The summed E-state index contributed by atoms with van der Waals surface area (Å²) in [4.78, 5) is 4.85. The minimum Gasteiger partial charge on any atom is -0.395 e. The molecule has 2 heterocycles. The number of aliphatic hydroxyl groups is 1. The first-order valence-corrected chi connectivity index (χ1v) is 7.75. The van der Waals surface area contributed by atoms with Gasteiger partial charge in [-0.15, -0.1) is 11.3 Å². The van der Waals surface area contributed by atoms with Crippen LogP contribution in [0.1, 0.15) is 5.56 Å². The Labute approximate surface area is 118 Å². The lowest BCUT2D eigenvalue weighted by Crippen LogP contribution is -2.46. The van der Waals surface area contributed by atoms with Gasteiger partial charge < -0.3 is 5.11 Å². The molecule has 1 fully saturated rings. The van der Waals surface area contributed by atoms with Gasteiger partial charge in [-0.2, -0.15) is 0 Å².